The Morgan fingerprint density at radius 1 is 1.16 bits per heavy atom. The fourth-order valence-electron chi connectivity index (χ4n) is 2.69. The first-order chi connectivity index (χ1) is 12.3. The van der Waals surface area contributed by atoms with Gasteiger partial charge in [0.1, 0.15) is 17.9 Å². The smallest absolute Gasteiger partial charge is 0.195 e. The van der Waals surface area contributed by atoms with Crippen LogP contribution in [-0.4, -0.2) is 50.6 Å². The van der Waals surface area contributed by atoms with Gasteiger partial charge in [-0.15, -0.1) is 0 Å². The van der Waals surface area contributed by atoms with Crippen molar-refractivity contribution in [2.75, 3.05) is 26.4 Å². The van der Waals surface area contributed by atoms with Crippen molar-refractivity contribution in [1.29, 1.82) is 0 Å². The third-order valence-corrected chi connectivity index (χ3v) is 4.47. The Morgan fingerprint density at radius 2 is 1.92 bits per heavy atom. The highest BCUT2D eigenvalue weighted by Gasteiger charge is 2.36. The summed E-state index contributed by atoms with van der Waals surface area (Å²) < 4.78 is 27.8. The van der Waals surface area contributed by atoms with Crippen molar-refractivity contribution in [1.82, 2.24) is 0 Å². The Bertz CT molecular complexity index is 745. The molecule has 25 heavy (non-hydrogen) atoms. The molecule has 1 aromatic carbocycles. The van der Waals surface area contributed by atoms with E-state index in [-0.39, 0.29) is 12.2 Å². The van der Waals surface area contributed by atoms with Crippen molar-refractivity contribution in [3.8, 4) is 11.5 Å². The first kappa shape index (κ1) is 15.3. The molecule has 2 saturated heterocycles. The van der Waals surface area contributed by atoms with E-state index in [1.165, 1.54) is 0 Å². The standard InChI is InChI=1S/C19H19NO5/c1-2-16(18-17(3-1)25-18)20-8-13-4-6-19(7-5-13,23-11-14-9-21-14)24-12-15-10-22-15/h1-6,8,14-15H,7,9-12H2. The summed E-state index contributed by atoms with van der Waals surface area (Å²) in [6, 6.07) is 5.82. The highest BCUT2D eigenvalue weighted by atomic mass is 16.7. The van der Waals surface area contributed by atoms with Crippen molar-refractivity contribution in [2.45, 2.75) is 24.4 Å². The largest absolute Gasteiger partial charge is 0.447 e. The van der Waals surface area contributed by atoms with Crippen LogP contribution in [0.15, 0.2) is 47.0 Å². The minimum atomic E-state index is -0.739. The van der Waals surface area contributed by atoms with Crippen molar-refractivity contribution < 1.29 is 23.7 Å². The highest BCUT2D eigenvalue weighted by molar-refractivity contribution is 5.86. The van der Waals surface area contributed by atoms with E-state index >= 15 is 0 Å². The van der Waals surface area contributed by atoms with Crippen LogP contribution in [0, 0.1) is 0 Å². The molecule has 0 N–H and O–H groups in total. The molecular weight excluding hydrogens is 322 g/mol. The second-order valence-corrected chi connectivity index (χ2v) is 6.55. The van der Waals surface area contributed by atoms with E-state index in [1.54, 1.807) is 0 Å². The van der Waals surface area contributed by atoms with Crippen LogP contribution in [0.2, 0.25) is 0 Å². The Labute approximate surface area is 145 Å². The fraction of sp³-hybridized carbons (Fsp3) is 0.421. The second-order valence-electron chi connectivity index (χ2n) is 6.55. The summed E-state index contributed by atoms with van der Waals surface area (Å²) in [5.41, 5.74) is 1.87. The molecule has 2 atom stereocenters. The first-order valence-corrected chi connectivity index (χ1v) is 8.55. The van der Waals surface area contributed by atoms with Gasteiger partial charge in [-0.2, -0.15) is 0 Å². The summed E-state index contributed by atoms with van der Waals surface area (Å²) in [4.78, 5) is 4.51. The zero-order chi connectivity index (χ0) is 16.7. The van der Waals surface area contributed by atoms with Gasteiger partial charge in [0, 0.05) is 12.6 Å². The molecule has 2 fully saturated rings. The minimum Gasteiger partial charge on any atom is -0.447 e. The summed E-state index contributed by atoms with van der Waals surface area (Å²) in [6.45, 7) is 2.62. The predicted molar refractivity (Wildman–Crippen MR) is 90.6 cm³/mol. The molecule has 2 unspecified atom stereocenters. The van der Waals surface area contributed by atoms with Crippen LogP contribution in [0.1, 0.15) is 6.42 Å². The van der Waals surface area contributed by atoms with Crippen LogP contribution < -0.4 is 4.74 Å². The number of benzene rings is 1. The zero-order valence-electron chi connectivity index (χ0n) is 13.7. The van der Waals surface area contributed by atoms with Crippen LogP contribution in [-0.2, 0) is 18.9 Å². The molecule has 1 aromatic rings. The van der Waals surface area contributed by atoms with Crippen molar-refractivity contribution >= 4 is 11.9 Å². The molecule has 0 bridgehead atoms. The molecule has 6 heteroatoms. The SMILES string of the molecule is C1=CC(OCC2CO2)(OCC2CO2)CC=C1C=Nc1cccc2c1O2. The molecule has 3 heterocycles. The van der Waals surface area contributed by atoms with Gasteiger partial charge in [-0.3, -0.25) is 4.99 Å². The number of nitrogens with zero attached hydrogens (tertiary/aromatic N) is 1. The maximum atomic E-state index is 6.01. The Balaban J connectivity index is 1.24. The van der Waals surface area contributed by atoms with Crippen LogP contribution in [0.4, 0.5) is 5.69 Å². The molecule has 0 saturated carbocycles. The molecule has 0 radical (unpaired) electrons. The van der Waals surface area contributed by atoms with E-state index in [1.807, 2.05) is 36.6 Å². The van der Waals surface area contributed by atoms with Crippen molar-refractivity contribution in [2.24, 2.45) is 4.99 Å². The lowest BCUT2D eigenvalue weighted by Crippen LogP contribution is -2.37. The van der Waals surface area contributed by atoms with Gasteiger partial charge in [0.2, 0.25) is 0 Å². The molecule has 3 aliphatic heterocycles. The molecule has 0 aromatic heterocycles. The monoisotopic (exact) mass is 341 g/mol. The molecule has 6 nitrogen and oxygen atoms in total. The minimum absolute atomic E-state index is 0.199. The van der Waals surface area contributed by atoms with Crippen LogP contribution in [0.25, 0.3) is 0 Å². The molecule has 130 valence electrons. The number of para-hydroxylation sites is 1. The molecule has 1 aliphatic carbocycles. The van der Waals surface area contributed by atoms with E-state index in [2.05, 4.69) is 11.1 Å². The van der Waals surface area contributed by atoms with E-state index in [4.69, 9.17) is 23.7 Å². The van der Waals surface area contributed by atoms with Gasteiger partial charge in [-0.1, -0.05) is 18.2 Å². The number of fused-ring (bicyclic) bond motifs is 1. The highest BCUT2D eigenvalue weighted by Crippen LogP contribution is 2.52. The summed E-state index contributed by atoms with van der Waals surface area (Å²) in [7, 11) is 0. The van der Waals surface area contributed by atoms with Gasteiger partial charge in [0.05, 0.1) is 26.4 Å². The van der Waals surface area contributed by atoms with Crippen LogP contribution >= 0.6 is 0 Å². The van der Waals surface area contributed by atoms with E-state index in [0.717, 1.165) is 36.0 Å². The molecule has 5 rings (SSSR count). The number of ether oxygens (including phenoxy) is 5. The number of hydrogen-bond donors (Lipinski definition) is 0. The third-order valence-electron chi connectivity index (χ3n) is 4.47. The van der Waals surface area contributed by atoms with Crippen molar-refractivity contribution in [3.63, 3.8) is 0 Å². The lowest BCUT2D eigenvalue weighted by molar-refractivity contribution is -0.206. The Morgan fingerprint density at radius 3 is 2.56 bits per heavy atom. The van der Waals surface area contributed by atoms with Gasteiger partial charge < -0.3 is 23.7 Å². The number of rotatable bonds is 8. The number of aliphatic imine (C=N–C) groups is 1. The normalized spacial score (nSPS) is 31.4. The van der Waals surface area contributed by atoms with Crippen LogP contribution in [0.5, 0.6) is 11.5 Å². The quantitative estimate of drug-likeness (QED) is 0.419. The molecule has 0 amide bonds. The fourth-order valence-corrected chi connectivity index (χ4v) is 2.69. The Kier molecular flexibility index (Phi) is 3.71. The average molecular weight is 341 g/mol. The van der Waals surface area contributed by atoms with Crippen LogP contribution in [0.3, 0.4) is 0 Å². The summed E-state index contributed by atoms with van der Waals surface area (Å²) in [5, 5.41) is 0. The van der Waals surface area contributed by atoms with E-state index in [0.29, 0.717) is 19.6 Å². The van der Waals surface area contributed by atoms with Gasteiger partial charge in [0.15, 0.2) is 17.3 Å². The number of hydrogen-bond acceptors (Lipinski definition) is 6. The van der Waals surface area contributed by atoms with Crippen molar-refractivity contribution in [3.05, 3.63) is 42.0 Å². The molecular formula is C19H19NO5. The summed E-state index contributed by atoms with van der Waals surface area (Å²) in [5.74, 6) is 1.04. The van der Waals surface area contributed by atoms with Gasteiger partial charge in [0.25, 0.3) is 0 Å². The second kappa shape index (κ2) is 6.07. The number of epoxide rings is 2. The Hall–Kier alpha value is -1.99. The summed E-state index contributed by atoms with van der Waals surface area (Å²) in [6.07, 6.45) is 8.89. The lowest BCUT2D eigenvalue weighted by Gasteiger charge is -2.31. The van der Waals surface area contributed by atoms with Gasteiger partial charge >= 0.3 is 0 Å². The average Bonchev–Trinajstić information content (AvgIpc) is 3.48. The van der Waals surface area contributed by atoms with Gasteiger partial charge in [-0.05, 0) is 23.8 Å². The van der Waals surface area contributed by atoms with E-state index < -0.39 is 5.79 Å². The topological polar surface area (TPSA) is 68.4 Å². The molecule has 4 aliphatic rings. The first-order valence-electron chi connectivity index (χ1n) is 8.55. The predicted octanol–water partition coefficient (Wildman–Crippen LogP) is 2.91. The zero-order valence-corrected chi connectivity index (χ0v) is 13.7. The lowest BCUT2D eigenvalue weighted by atomic mass is 10.0. The third kappa shape index (κ3) is 3.67. The van der Waals surface area contributed by atoms with Gasteiger partial charge in [-0.25, -0.2) is 0 Å². The maximum absolute atomic E-state index is 6.01. The van der Waals surface area contributed by atoms with E-state index in [9.17, 15) is 0 Å². The summed E-state index contributed by atoms with van der Waals surface area (Å²) >= 11 is 0. The number of allylic oxidation sites excluding steroid dienone is 2. The molecule has 0 spiro atoms. The maximum Gasteiger partial charge on any atom is 0.195 e.